The number of carbonyl (C=O) groups excluding carboxylic acids is 1. The summed E-state index contributed by atoms with van der Waals surface area (Å²) in [5, 5.41) is 6.20. The summed E-state index contributed by atoms with van der Waals surface area (Å²) in [4.78, 5) is 11.5. The quantitative estimate of drug-likeness (QED) is 0.653. The Balaban J connectivity index is 0.00000256. The summed E-state index contributed by atoms with van der Waals surface area (Å²) in [7, 11) is 0. The first kappa shape index (κ1) is 16.7. The van der Waals surface area contributed by atoms with Crippen LogP contribution in [0.4, 0.5) is 0 Å². The Labute approximate surface area is 110 Å². The van der Waals surface area contributed by atoms with E-state index in [1.165, 1.54) is 6.42 Å². The van der Waals surface area contributed by atoms with Crippen molar-refractivity contribution in [1.29, 1.82) is 0 Å². The van der Waals surface area contributed by atoms with Crippen LogP contribution in [0.25, 0.3) is 0 Å². The highest BCUT2D eigenvalue weighted by Gasteiger charge is 2.16. The van der Waals surface area contributed by atoms with E-state index in [0.29, 0.717) is 25.6 Å². The fourth-order valence-corrected chi connectivity index (χ4v) is 1.84. The molecule has 0 saturated carbocycles. The zero-order valence-electron chi connectivity index (χ0n) is 10.7. The SMILES string of the molecule is CCCCOCCNC(=O)CC1CCCN1.Cl. The van der Waals surface area contributed by atoms with Gasteiger partial charge in [-0.1, -0.05) is 13.3 Å². The van der Waals surface area contributed by atoms with Crippen molar-refractivity contribution >= 4 is 18.3 Å². The van der Waals surface area contributed by atoms with Crippen molar-refractivity contribution < 1.29 is 9.53 Å². The molecule has 1 amide bonds. The Morgan fingerprint density at radius 1 is 1.47 bits per heavy atom. The predicted octanol–water partition coefficient (Wildman–Crippen LogP) is 1.48. The van der Waals surface area contributed by atoms with Crippen LogP contribution in [0.15, 0.2) is 0 Å². The van der Waals surface area contributed by atoms with Crippen molar-refractivity contribution in [3.05, 3.63) is 0 Å². The Morgan fingerprint density at radius 2 is 2.29 bits per heavy atom. The largest absolute Gasteiger partial charge is 0.380 e. The maximum absolute atomic E-state index is 11.5. The van der Waals surface area contributed by atoms with Gasteiger partial charge in [0.15, 0.2) is 0 Å². The molecule has 102 valence electrons. The van der Waals surface area contributed by atoms with Gasteiger partial charge < -0.3 is 15.4 Å². The second kappa shape index (κ2) is 10.8. The normalized spacial score (nSPS) is 18.8. The van der Waals surface area contributed by atoms with Crippen molar-refractivity contribution in [3.8, 4) is 0 Å². The number of halogens is 1. The molecule has 0 aliphatic carbocycles. The lowest BCUT2D eigenvalue weighted by molar-refractivity contribution is -0.121. The van der Waals surface area contributed by atoms with E-state index in [-0.39, 0.29) is 18.3 Å². The molecule has 1 unspecified atom stereocenters. The molecule has 1 rings (SSSR count). The van der Waals surface area contributed by atoms with Crippen LogP contribution in [0.5, 0.6) is 0 Å². The van der Waals surface area contributed by atoms with Crippen LogP contribution in [-0.4, -0.2) is 38.3 Å². The predicted molar refractivity (Wildman–Crippen MR) is 71.6 cm³/mol. The van der Waals surface area contributed by atoms with Crippen molar-refractivity contribution in [1.82, 2.24) is 10.6 Å². The number of carbonyl (C=O) groups is 1. The monoisotopic (exact) mass is 264 g/mol. The number of hydrogen-bond acceptors (Lipinski definition) is 3. The lowest BCUT2D eigenvalue weighted by Crippen LogP contribution is -2.33. The first-order valence-corrected chi connectivity index (χ1v) is 6.40. The van der Waals surface area contributed by atoms with Gasteiger partial charge in [-0.2, -0.15) is 0 Å². The third kappa shape index (κ3) is 8.41. The molecule has 5 heteroatoms. The molecule has 4 nitrogen and oxygen atoms in total. The van der Waals surface area contributed by atoms with Gasteiger partial charge in [0, 0.05) is 25.6 Å². The van der Waals surface area contributed by atoms with Gasteiger partial charge in [0.2, 0.25) is 5.91 Å². The van der Waals surface area contributed by atoms with Gasteiger partial charge in [0.25, 0.3) is 0 Å². The first-order chi connectivity index (χ1) is 7.83. The number of nitrogens with one attached hydrogen (secondary N) is 2. The second-order valence-corrected chi connectivity index (χ2v) is 4.31. The number of hydrogen-bond donors (Lipinski definition) is 2. The highest BCUT2D eigenvalue weighted by Crippen LogP contribution is 2.07. The average Bonchev–Trinajstić information content (AvgIpc) is 2.76. The molecule has 0 aromatic rings. The molecule has 1 heterocycles. The van der Waals surface area contributed by atoms with E-state index < -0.39 is 0 Å². The summed E-state index contributed by atoms with van der Waals surface area (Å²) in [5.41, 5.74) is 0. The van der Waals surface area contributed by atoms with Crippen LogP contribution in [0.1, 0.15) is 39.0 Å². The molecule has 2 N–H and O–H groups in total. The minimum Gasteiger partial charge on any atom is -0.380 e. The first-order valence-electron chi connectivity index (χ1n) is 6.40. The maximum Gasteiger partial charge on any atom is 0.221 e. The standard InChI is InChI=1S/C12H24N2O2.ClH/c1-2-3-8-16-9-7-14-12(15)10-11-5-4-6-13-11;/h11,13H,2-10H2,1H3,(H,14,15);1H. The summed E-state index contributed by atoms with van der Waals surface area (Å²) in [6, 6.07) is 0.390. The Hall–Kier alpha value is -0.320. The topological polar surface area (TPSA) is 50.4 Å². The minimum absolute atomic E-state index is 0. The van der Waals surface area contributed by atoms with Crippen molar-refractivity contribution in [2.45, 2.75) is 45.1 Å². The van der Waals surface area contributed by atoms with Gasteiger partial charge in [-0.3, -0.25) is 4.79 Å². The minimum atomic E-state index is 0. The van der Waals surface area contributed by atoms with Gasteiger partial charge in [0.05, 0.1) is 6.61 Å². The summed E-state index contributed by atoms with van der Waals surface area (Å²) in [6.45, 7) is 5.26. The van der Waals surface area contributed by atoms with E-state index in [2.05, 4.69) is 17.6 Å². The molecule has 17 heavy (non-hydrogen) atoms. The summed E-state index contributed by atoms with van der Waals surface area (Å²) < 4.78 is 5.36. The third-order valence-corrected chi connectivity index (χ3v) is 2.80. The van der Waals surface area contributed by atoms with Gasteiger partial charge in [-0.25, -0.2) is 0 Å². The van der Waals surface area contributed by atoms with Crippen LogP contribution in [0, 0.1) is 0 Å². The third-order valence-electron chi connectivity index (χ3n) is 2.80. The highest BCUT2D eigenvalue weighted by molar-refractivity contribution is 5.85. The van der Waals surface area contributed by atoms with E-state index in [9.17, 15) is 4.79 Å². The Bertz CT molecular complexity index is 197. The summed E-state index contributed by atoms with van der Waals surface area (Å²) >= 11 is 0. The summed E-state index contributed by atoms with van der Waals surface area (Å²) in [5.74, 6) is 0.137. The maximum atomic E-state index is 11.5. The number of amides is 1. The average molecular weight is 265 g/mol. The van der Waals surface area contributed by atoms with E-state index in [0.717, 1.165) is 32.4 Å². The highest BCUT2D eigenvalue weighted by atomic mass is 35.5. The fourth-order valence-electron chi connectivity index (χ4n) is 1.84. The Morgan fingerprint density at radius 3 is 2.94 bits per heavy atom. The van der Waals surface area contributed by atoms with Crippen LogP contribution >= 0.6 is 12.4 Å². The summed E-state index contributed by atoms with van der Waals surface area (Å²) in [6.07, 6.45) is 5.17. The van der Waals surface area contributed by atoms with Crippen LogP contribution in [0.2, 0.25) is 0 Å². The van der Waals surface area contributed by atoms with Crippen molar-refractivity contribution in [3.63, 3.8) is 0 Å². The van der Waals surface area contributed by atoms with Crippen molar-refractivity contribution in [2.75, 3.05) is 26.3 Å². The lowest BCUT2D eigenvalue weighted by Gasteiger charge is -2.10. The Kier molecular flexibility index (Phi) is 10.6. The molecule has 0 radical (unpaired) electrons. The number of rotatable bonds is 8. The van der Waals surface area contributed by atoms with Crippen LogP contribution < -0.4 is 10.6 Å². The van der Waals surface area contributed by atoms with Crippen LogP contribution in [0.3, 0.4) is 0 Å². The molecule has 1 fully saturated rings. The zero-order chi connectivity index (χ0) is 11.6. The van der Waals surface area contributed by atoms with Crippen molar-refractivity contribution in [2.24, 2.45) is 0 Å². The molecule has 0 spiro atoms. The van der Waals surface area contributed by atoms with Gasteiger partial charge >= 0.3 is 0 Å². The van der Waals surface area contributed by atoms with Crippen LogP contribution in [-0.2, 0) is 9.53 Å². The van der Waals surface area contributed by atoms with Gasteiger partial charge in [0.1, 0.15) is 0 Å². The number of unbranched alkanes of at least 4 members (excludes halogenated alkanes) is 1. The lowest BCUT2D eigenvalue weighted by atomic mass is 10.1. The molecular formula is C12H25ClN2O2. The van der Waals surface area contributed by atoms with E-state index in [4.69, 9.17) is 4.74 Å². The molecule has 1 saturated heterocycles. The molecule has 0 bridgehead atoms. The molecule has 0 aromatic carbocycles. The smallest absolute Gasteiger partial charge is 0.221 e. The number of ether oxygens (including phenoxy) is 1. The zero-order valence-corrected chi connectivity index (χ0v) is 11.5. The second-order valence-electron chi connectivity index (χ2n) is 4.31. The molecular weight excluding hydrogens is 240 g/mol. The molecule has 0 aromatic heterocycles. The molecule has 1 atom stereocenters. The van der Waals surface area contributed by atoms with E-state index in [1.807, 2.05) is 0 Å². The van der Waals surface area contributed by atoms with E-state index >= 15 is 0 Å². The van der Waals surface area contributed by atoms with Gasteiger partial charge in [-0.15, -0.1) is 12.4 Å². The molecule has 1 aliphatic heterocycles. The van der Waals surface area contributed by atoms with Gasteiger partial charge in [-0.05, 0) is 25.8 Å². The molecule has 1 aliphatic rings. The van der Waals surface area contributed by atoms with E-state index in [1.54, 1.807) is 0 Å². The fraction of sp³-hybridized carbons (Fsp3) is 0.917.